The summed E-state index contributed by atoms with van der Waals surface area (Å²) >= 11 is 0. The summed E-state index contributed by atoms with van der Waals surface area (Å²) in [6.07, 6.45) is 1.62. The van der Waals surface area contributed by atoms with Gasteiger partial charge in [0.15, 0.2) is 32.2 Å². The van der Waals surface area contributed by atoms with Crippen molar-refractivity contribution in [2.24, 2.45) is 5.92 Å². The highest BCUT2D eigenvalue weighted by molar-refractivity contribution is 7.91. The van der Waals surface area contributed by atoms with Gasteiger partial charge in [-0.3, -0.25) is 0 Å². The Kier molecular flexibility index (Phi) is 6.77. The largest absolute Gasteiger partial charge is 0.487 e. The maximum atomic E-state index is 14.9. The third-order valence-electron chi connectivity index (χ3n) is 6.65. The van der Waals surface area contributed by atoms with Crippen molar-refractivity contribution in [3.63, 3.8) is 0 Å². The number of pyridine rings is 1. The van der Waals surface area contributed by atoms with Crippen LogP contribution < -0.4 is 4.74 Å². The number of piperidine rings is 1. The van der Waals surface area contributed by atoms with Crippen LogP contribution in [0, 0.1) is 24.5 Å². The third kappa shape index (κ3) is 5.96. The molecule has 0 spiro atoms. The Balaban J connectivity index is 1.38. The van der Waals surface area contributed by atoms with Gasteiger partial charge in [0.05, 0.1) is 12.4 Å². The van der Waals surface area contributed by atoms with Crippen LogP contribution in [0.4, 0.5) is 13.6 Å². The zero-order chi connectivity index (χ0) is 27.7. The molecule has 1 amide bonds. The Morgan fingerprint density at radius 2 is 1.92 bits per heavy atom. The Bertz CT molecular complexity index is 1280. The molecule has 4 rings (SSSR count). The third-order valence-corrected chi connectivity index (χ3v) is 8.19. The van der Waals surface area contributed by atoms with E-state index in [0.29, 0.717) is 31.5 Å². The maximum Gasteiger partial charge on any atom is 0.410 e. The quantitative estimate of drug-likeness (QED) is 0.466. The number of carbonyl (C=O) groups excluding carboxylic acids is 1. The van der Waals surface area contributed by atoms with Crippen molar-refractivity contribution in [3.8, 4) is 16.9 Å². The SMILES string of the molecule is [2H]CC([2H])CS(=O)(=O)c1ccc(-c2cc(F)c(OCC3CCN(C(=O)OC4(C)CC4)CC3)c(F)c2)c(C)n1. The van der Waals surface area contributed by atoms with Gasteiger partial charge in [-0.25, -0.2) is 27.0 Å². The molecule has 1 saturated heterocycles. The summed E-state index contributed by atoms with van der Waals surface area (Å²) in [6.45, 7) is 4.19. The second-order valence-corrected chi connectivity index (χ2v) is 11.7. The smallest absolute Gasteiger partial charge is 0.410 e. The molecule has 36 heavy (non-hydrogen) atoms. The summed E-state index contributed by atoms with van der Waals surface area (Å²) < 4.78 is 80.4. The summed E-state index contributed by atoms with van der Waals surface area (Å²) in [6, 6.07) is 4.90. The molecule has 2 aromatic rings. The van der Waals surface area contributed by atoms with Crippen LogP contribution in [-0.2, 0) is 14.6 Å². The van der Waals surface area contributed by atoms with Crippen LogP contribution in [-0.4, -0.2) is 55.4 Å². The Labute approximate surface area is 213 Å². The zero-order valence-corrected chi connectivity index (χ0v) is 21.2. The summed E-state index contributed by atoms with van der Waals surface area (Å²) in [5, 5.41) is -0.244. The van der Waals surface area contributed by atoms with E-state index in [2.05, 4.69) is 4.98 Å². The maximum absolute atomic E-state index is 14.9. The normalized spacial score (nSPS) is 19.3. The Morgan fingerprint density at radius 3 is 2.50 bits per heavy atom. The monoisotopic (exact) mass is 524 g/mol. The van der Waals surface area contributed by atoms with Crippen molar-refractivity contribution in [2.45, 2.75) is 63.5 Å². The summed E-state index contributed by atoms with van der Waals surface area (Å²) in [7, 11) is -3.86. The van der Waals surface area contributed by atoms with E-state index >= 15 is 0 Å². The fourth-order valence-electron chi connectivity index (χ4n) is 4.15. The number of halogens is 2. The number of amides is 1. The molecule has 1 aromatic carbocycles. The van der Waals surface area contributed by atoms with Gasteiger partial charge in [-0.15, -0.1) is 0 Å². The molecular weight excluding hydrogens is 490 g/mol. The van der Waals surface area contributed by atoms with Gasteiger partial charge < -0.3 is 14.4 Å². The van der Waals surface area contributed by atoms with Crippen LogP contribution in [0.5, 0.6) is 5.75 Å². The van der Waals surface area contributed by atoms with Crippen LogP contribution in [0.25, 0.3) is 11.1 Å². The molecule has 1 aliphatic carbocycles. The zero-order valence-electron chi connectivity index (χ0n) is 22.4. The number of ether oxygens (including phenoxy) is 2. The number of nitrogens with zero attached hydrogens (tertiary/aromatic N) is 2. The molecule has 196 valence electrons. The number of hydrogen-bond donors (Lipinski definition) is 0. The number of aromatic nitrogens is 1. The van der Waals surface area contributed by atoms with Crippen molar-refractivity contribution < 1.29 is 34.2 Å². The minimum absolute atomic E-state index is 0.0355. The van der Waals surface area contributed by atoms with Gasteiger partial charge in [0.25, 0.3) is 0 Å². The second-order valence-electron chi connectivity index (χ2n) is 9.68. The lowest BCUT2D eigenvalue weighted by Crippen LogP contribution is -2.41. The van der Waals surface area contributed by atoms with E-state index in [-0.39, 0.29) is 47.4 Å². The minimum atomic E-state index is -3.86. The number of likely N-dealkylation sites (tertiary alicyclic amines) is 1. The molecule has 1 aliphatic heterocycles. The number of aryl methyl sites for hydroxylation is 1. The predicted molar refractivity (Wildman–Crippen MR) is 131 cm³/mol. The average Bonchev–Trinajstić information content (AvgIpc) is 3.59. The highest BCUT2D eigenvalue weighted by atomic mass is 32.2. The first-order chi connectivity index (χ1) is 17.9. The molecule has 2 fully saturated rings. The number of sulfone groups is 1. The van der Waals surface area contributed by atoms with Crippen LogP contribution >= 0.6 is 0 Å². The molecule has 2 heterocycles. The van der Waals surface area contributed by atoms with Crippen LogP contribution in [0.3, 0.4) is 0 Å². The molecule has 1 saturated carbocycles. The number of carbonyl (C=O) groups is 1. The highest BCUT2D eigenvalue weighted by Crippen LogP contribution is 2.39. The van der Waals surface area contributed by atoms with Crippen LogP contribution in [0.2, 0.25) is 0 Å². The topological polar surface area (TPSA) is 85.8 Å². The first-order valence-corrected chi connectivity index (χ1v) is 13.6. The summed E-state index contributed by atoms with van der Waals surface area (Å²) in [5.74, 6) is -2.75. The van der Waals surface area contributed by atoms with Crippen molar-refractivity contribution in [1.29, 1.82) is 0 Å². The molecule has 1 atom stereocenters. The van der Waals surface area contributed by atoms with Gasteiger partial charge in [0.1, 0.15) is 5.60 Å². The molecular formula is C26H32F2N2O5S. The van der Waals surface area contributed by atoms with Crippen molar-refractivity contribution in [2.75, 3.05) is 25.4 Å². The lowest BCUT2D eigenvalue weighted by atomic mass is 9.98. The van der Waals surface area contributed by atoms with E-state index < -0.39 is 39.4 Å². The summed E-state index contributed by atoms with van der Waals surface area (Å²) in [5.41, 5.74) is 0.463. The van der Waals surface area contributed by atoms with E-state index in [0.717, 1.165) is 25.0 Å². The first-order valence-electron chi connectivity index (χ1n) is 13.2. The van der Waals surface area contributed by atoms with Crippen molar-refractivity contribution >= 4 is 15.9 Å². The Morgan fingerprint density at radius 1 is 1.25 bits per heavy atom. The fourth-order valence-corrected chi connectivity index (χ4v) is 5.18. The fraction of sp³-hybridized carbons (Fsp3) is 0.538. The highest BCUT2D eigenvalue weighted by Gasteiger charge is 2.43. The van der Waals surface area contributed by atoms with Gasteiger partial charge in [-0.1, -0.05) is 6.90 Å². The van der Waals surface area contributed by atoms with Crippen molar-refractivity contribution in [1.82, 2.24) is 9.88 Å². The van der Waals surface area contributed by atoms with Crippen molar-refractivity contribution in [3.05, 3.63) is 41.6 Å². The van der Waals surface area contributed by atoms with E-state index in [1.54, 1.807) is 4.90 Å². The molecule has 0 radical (unpaired) electrons. The van der Waals surface area contributed by atoms with Crippen LogP contribution in [0.1, 0.15) is 54.3 Å². The molecule has 1 aromatic heterocycles. The minimum Gasteiger partial charge on any atom is -0.487 e. The average molecular weight is 525 g/mol. The van der Waals surface area contributed by atoms with Gasteiger partial charge in [-0.05, 0) is 81.7 Å². The second kappa shape index (κ2) is 10.3. The standard InChI is InChI=1S/C26H32F2N2O5S/c1-4-13-36(32,33)23-6-5-20(17(2)29-23)19-14-21(27)24(22(28)15-19)34-16-18-7-11-30(12-8-18)25(31)35-26(3)9-10-26/h5-6,14-15,18H,4,7-13,16H2,1-3H3/i1D,4D. The van der Waals surface area contributed by atoms with Crippen LogP contribution in [0.15, 0.2) is 29.3 Å². The van der Waals surface area contributed by atoms with E-state index in [1.807, 2.05) is 6.92 Å². The Hall–Kier alpha value is -2.75. The summed E-state index contributed by atoms with van der Waals surface area (Å²) in [4.78, 5) is 18.0. The number of hydrogen-bond acceptors (Lipinski definition) is 6. The molecule has 0 bridgehead atoms. The molecule has 7 nitrogen and oxygen atoms in total. The predicted octanol–water partition coefficient (Wildman–Crippen LogP) is 5.30. The first kappa shape index (κ1) is 23.6. The van der Waals surface area contributed by atoms with E-state index in [1.165, 1.54) is 19.1 Å². The van der Waals surface area contributed by atoms with Gasteiger partial charge in [-0.2, -0.15) is 0 Å². The molecule has 0 N–H and O–H groups in total. The molecule has 1 unspecified atom stereocenters. The van der Waals surface area contributed by atoms with Gasteiger partial charge in [0, 0.05) is 27.1 Å². The lowest BCUT2D eigenvalue weighted by Gasteiger charge is -2.32. The molecule has 10 heteroatoms. The van der Waals surface area contributed by atoms with Gasteiger partial charge in [0.2, 0.25) is 0 Å². The van der Waals surface area contributed by atoms with Gasteiger partial charge >= 0.3 is 6.09 Å². The lowest BCUT2D eigenvalue weighted by molar-refractivity contribution is 0.0453. The van der Waals surface area contributed by atoms with E-state index in [9.17, 15) is 22.0 Å². The van der Waals surface area contributed by atoms with E-state index in [4.69, 9.17) is 12.2 Å². The number of rotatable bonds is 8. The number of benzene rings is 1. The molecule has 2 aliphatic rings.